The molecule has 1 heterocycles. The van der Waals surface area contributed by atoms with Crippen LogP contribution in [0.5, 0.6) is 0 Å². The number of likely N-dealkylation sites (tertiary alicyclic amines) is 1. The molecular formula is C17H25FN2. The molecule has 0 radical (unpaired) electrons. The number of hydrogen-bond acceptors (Lipinski definition) is 2. The molecule has 2 atom stereocenters. The maximum Gasteiger partial charge on any atom is 0.123 e. The predicted molar refractivity (Wildman–Crippen MR) is 80.2 cm³/mol. The van der Waals surface area contributed by atoms with Gasteiger partial charge in [-0.1, -0.05) is 31.4 Å². The zero-order valence-corrected chi connectivity index (χ0v) is 12.1. The van der Waals surface area contributed by atoms with Crippen LogP contribution in [0.15, 0.2) is 24.3 Å². The monoisotopic (exact) mass is 276 g/mol. The maximum absolute atomic E-state index is 13.1. The van der Waals surface area contributed by atoms with Gasteiger partial charge in [-0.2, -0.15) is 0 Å². The Balaban J connectivity index is 1.70. The molecule has 2 fully saturated rings. The summed E-state index contributed by atoms with van der Waals surface area (Å²) in [6.07, 6.45) is 7.77. The van der Waals surface area contributed by atoms with Gasteiger partial charge in [-0.3, -0.25) is 4.90 Å². The summed E-state index contributed by atoms with van der Waals surface area (Å²) in [5.74, 6) is 0.305. The molecule has 1 aromatic rings. The van der Waals surface area contributed by atoms with E-state index in [0.717, 1.165) is 25.6 Å². The molecule has 2 N–H and O–H groups in total. The fourth-order valence-electron chi connectivity index (χ4n) is 3.89. The molecule has 0 aromatic heterocycles. The molecule has 1 saturated carbocycles. The summed E-state index contributed by atoms with van der Waals surface area (Å²) in [5, 5.41) is 0. The molecule has 1 saturated heterocycles. The lowest BCUT2D eigenvalue weighted by molar-refractivity contribution is 0.107. The van der Waals surface area contributed by atoms with E-state index < -0.39 is 0 Å². The normalized spacial score (nSPS) is 29.5. The summed E-state index contributed by atoms with van der Waals surface area (Å²) < 4.78 is 13.1. The van der Waals surface area contributed by atoms with Crippen molar-refractivity contribution in [2.75, 3.05) is 13.1 Å². The quantitative estimate of drug-likeness (QED) is 0.898. The second-order valence-electron chi connectivity index (χ2n) is 6.49. The van der Waals surface area contributed by atoms with Crippen molar-refractivity contribution in [3.8, 4) is 0 Å². The SMILES string of the molecule is NC1CC(c2ccc(F)cc2)CN(C2CCCCC2)C1. The Bertz CT molecular complexity index is 425. The fourth-order valence-corrected chi connectivity index (χ4v) is 3.89. The Hall–Kier alpha value is -0.930. The third kappa shape index (κ3) is 3.21. The second-order valence-corrected chi connectivity index (χ2v) is 6.49. The Labute approximate surface area is 121 Å². The minimum Gasteiger partial charge on any atom is -0.327 e. The predicted octanol–water partition coefficient (Wildman–Crippen LogP) is 3.28. The van der Waals surface area contributed by atoms with Crippen molar-refractivity contribution in [1.29, 1.82) is 0 Å². The summed E-state index contributed by atoms with van der Waals surface area (Å²) in [6.45, 7) is 2.12. The summed E-state index contributed by atoms with van der Waals surface area (Å²) >= 11 is 0. The zero-order chi connectivity index (χ0) is 13.9. The van der Waals surface area contributed by atoms with Gasteiger partial charge in [-0.15, -0.1) is 0 Å². The number of rotatable bonds is 2. The van der Waals surface area contributed by atoms with Crippen molar-refractivity contribution in [3.63, 3.8) is 0 Å². The number of hydrogen-bond donors (Lipinski definition) is 1. The van der Waals surface area contributed by atoms with Crippen LogP contribution in [0.1, 0.15) is 50.0 Å². The highest BCUT2D eigenvalue weighted by Crippen LogP contribution is 2.31. The lowest BCUT2D eigenvalue weighted by Gasteiger charge is -2.42. The molecule has 3 rings (SSSR count). The van der Waals surface area contributed by atoms with E-state index in [9.17, 15) is 4.39 Å². The van der Waals surface area contributed by atoms with Crippen LogP contribution in [-0.2, 0) is 0 Å². The lowest BCUT2D eigenvalue weighted by Crippen LogP contribution is -2.50. The minimum atomic E-state index is -0.155. The van der Waals surface area contributed by atoms with E-state index in [0.29, 0.717) is 5.92 Å². The minimum absolute atomic E-state index is 0.155. The lowest BCUT2D eigenvalue weighted by atomic mass is 9.85. The number of piperidine rings is 1. The summed E-state index contributed by atoms with van der Waals surface area (Å²) in [4.78, 5) is 2.60. The van der Waals surface area contributed by atoms with E-state index in [2.05, 4.69) is 4.90 Å². The molecule has 0 bridgehead atoms. The van der Waals surface area contributed by atoms with Crippen LogP contribution in [0.3, 0.4) is 0 Å². The highest BCUT2D eigenvalue weighted by Gasteiger charge is 2.31. The first-order chi connectivity index (χ1) is 9.72. The van der Waals surface area contributed by atoms with E-state index in [1.54, 1.807) is 12.1 Å². The van der Waals surface area contributed by atoms with E-state index in [4.69, 9.17) is 5.73 Å². The van der Waals surface area contributed by atoms with Crippen LogP contribution >= 0.6 is 0 Å². The van der Waals surface area contributed by atoms with Gasteiger partial charge in [0.15, 0.2) is 0 Å². The van der Waals surface area contributed by atoms with Gasteiger partial charge in [0, 0.05) is 25.2 Å². The van der Waals surface area contributed by atoms with Crippen molar-refractivity contribution in [3.05, 3.63) is 35.6 Å². The Kier molecular flexibility index (Phi) is 4.37. The number of nitrogens with two attached hydrogens (primary N) is 1. The van der Waals surface area contributed by atoms with Gasteiger partial charge in [0.05, 0.1) is 0 Å². The Morgan fingerprint density at radius 1 is 1.00 bits per heavy atom. The molecule has 20 heavy (non-hydrogen) atoms. The topological polar surface area (TPSA) is 29.3 Å². The first kappa shape index (κ1) is 14.0. The summed E-state index contributed by atoms with van der Waals surface area (Å²) in [6, 6.07) is 7.97. The summed E-state index contributed by atoms with van der Waals surface area (Å²) in [5.41, 5.74) is 7.51. The number of nitrogens with zero attached hydrogens (tertiary/aromatic N) is 1. The largest absolute Gasteiger partial charge is 0.327 e. The second kappa shape index (κ2) is 6.23. The Morgan fingerprint density at radius 3 is 2.40 bits per heavy atom. The molecule has 2 nitrogen and oxygen atoms in total. The van der Waals surface area contributed by atoms with Crippen LogP contribution in [0.4, 0.5) is 4.39 Å². The molecule has 110 valence electrons. The van der Waals surface area contributed by atoms with Gasteiger partial charge in [0.2, 0.25) is 0 Å². The maximum atomic E-state index is 13.1. The van der Waals surface area contributed by atoms with Crippen molar-refractivity contribution < 1.29 is 4.39 Å². The molecule has 3 heteroatoms. The van der Waals surface area contributed by atoms with E-state index in [-0.39, 0.29) is 11.9 Å². The molecule has 2 unspecified atom stereocenters. The molecule has 0 amide bonds. The van der Waals surface area contributed by atoms with Gasteiger partial charge >= 0.3 is 0 Å². The van der Waals surface area contributed by atoms with Crippen LogP contribution in [0.2, 0.25) is 0 Å². The van der Waals surface area contributed by atoms with Crippen molar-refractivity contribution in [2.24, 2.45) is 5.73 Å². The highest BCUT2D eigenvalue weighted by atomic mass is 19.1. The Morgan fingerprint density at radius 2 is 1.70 bits per heavy atom. The first-order valence-electron chi connectivity index (χ1n) is 7.97. The van der Waals surface area contributed by atoms with Crippen molar-refractivity contribution >= 4 is 0 Å². The van der Waals surface area contributed by atoms with Gasteiger partial charge in [-0.25, -0.2) is 4.39 Å². The number of halogens is 1. The van der Waals surface area contributed by atoms with Crippen LogP contribution in [0.25, 0.3) is 0 Å². The smallest absolute Gasteiger partial charge is 0.123 e. The van der Waals surface area contributed by atoms with Crippen LogP contribution < -0.4 is 5.73 Å². The molecular weight excluding hydrogens is 251 g/mol. The van der Waals surface area contributed by atoms with Gasteiger partial charge < -0.3 is 5.73 Å². The van der Waals surface area contributed by atoms with E-state index >= 15 is 0 Å². The third-order valence-corrected chi connectivity index (χ3v) is 4.94. The van der Waals surface area contributed by atoms with Crippen LogP contribution in [0, 0.1) is 5.82 Å². The number of benzene rings is 1. The molecule has 1 aliphatic carbocycles. The molecule has 2 aliphatic rings. The van der Waals surface area contributed by atoms with Crippen LogP contribution in [-0.4, -0.2) is 30.1 Å². The van der Waals surface area contributed by atoms with E-state index in [1.165, 1.54) is 37.7 Å². The van der Waals surface area contributed by atoms with E-state index in [1.807, 2.05) is 12.1 Å². The zero-order valence-electron chi connectivity index (χ0n) is 12.1. The highest BCUT2D eigenvalue weighted by molar-refractivity contribution is 5.22. The fraction of sp³-hybridized carbons (Fsp3) is 0.647. The first-order valence-corrected chi connectivity index (χ1v) is 7.97. The average Bonchev–Trinajstić information content (AvgIpc) is 2.48. The molecule has 1 aliphatic heterocycles. The van der Waals surface area contributed by atoms with Gasteiger partial charge in [-0.05, 0) is 42.9 Å². The molecule has 0 spiro atoms. The average molecular weight is 276 g/mol. The third-order valence-electron chi connectivity index (χ3n) is 4.94. The van der Waals surface area contributed by atoms with Crippen molar-refractivity contribution in [2.45, 2.75) is 56.5 Å². The summed E-state index contributed by atoms with van der Waals surface area (Å²) in [7, 11) is 0. The molecule has 1 aromatic carbocycles. The van der Waals surface area contributed by atoms with Gasteiger partial charge in [0.1, 0.15) is 5.82 Å². The van der Waals surface area contributed by atoms with Crippen molar-refractivity contribution in [1.82, 2.24) is 4.90 Å². The van der Waals surface area contributed by atoms with Gasteiger partial charge in [0.25, 0.3) is 0 Å². The standard InChI is InChI=1S/C17H25FN2/c18-15-8-6-13(7-9-15)14-10-16(19)12-20(11-14)17-4-2-1-3-5-17/h6-9,14,16-17H,1-5,10-12,19H2.